The quantitative estimate of drug-likeness (QED) is 0.643. The van der Waals surface area contributed by atoms with Gasteiger partial charge in [0.1, 0.15) is 12.3 Å². The molecule has 1 amide bonds. The lowest BCUT2D eigenvalue weighted by Gasteiger charge is -1.94. The van der Waals surface area contributed by atoms with E-state index in [2.05, 4.69) is 5.32 Å². The van der Waals surface area contributed by atoms with Gasteiger partial charge in [0.05, 0.1) is 0 Å². The van der Waals surface area contributed by atoms with Crippen molar-refractivity contribution in [2.24, 2.45) is 0 Å². The second kappa shape index (κ2) is 5.54. The Hall–Kier alpha value is -1.31. The molecule has 1 aromatic heterocycles. The third-order valence-electron chi connectivity index (χ3n) is 1.41. The standard InChI is InChI=1S/C9H8INO4/c10-7-3-1-6(15-7)2-4-8(12)11-5-9(13)14/h1-4H,5H2,(H,11,12)(H,13,14). The lowest BCUT2D eigenvalue weighted by Crippen LogP contribution is -2.27. The van der Waals surface area contributed by atoms with Gasteiger partial charge in [-0.05, 0) is 40.8 Å². The maximum Gasteiger partial charge on any atom is 0.322 e. The van der Waals surface area contributed by atoms with E-state index in [-0.39, 0.29) is 0 Å². The predicted octanol–water partition coefficient (Wildman–Crippen LogP) is 1.10. The zero-order valence-electron chi connectivity index (χ0n) is 7.57. The zero-order valence-corrected chi connectivity index (χ0v) is 9.72. The van der Waals surface area contributed by atoms with Crippen LogP contribution in [0.3, 0.4) is 0 Å². The number of aliphatic carboxylic acids is 1. The summed E-state index contributed by atoms with van der Waals surface area (Å²) in [5.41, 5.74) is 0. The van der Waals surface area contributed by atoms with Gasteiger partial charge in [-0.15, -0.1) is 0 Å². The van der Waals surface area contributed by atoms with Gasteiger partial charge in [-0.3, -0.25) is 9.59 Å². The largest absolute Gasteiger partial charge is 0.480 e. The van der Waals surface area contributed by atoms with Crippen molar-refractivity contribution in [3.63, 3.8) is 0 Å². The van der Waals surface area contributed by atoms with Gasteiger partial charge >= 0.3 is 5.97 Å². The van der Waals surface area contributed by atoms with E-state index in [0.717, 1.165) is 3.77 Å². The number of carbonyl (C=O) groups is 2. The van der Waals surface area contributed by atoms with Crippen LogP contribution < -0.4 is 5.32 Å². The average Bonchev–Trinajstić information content (AvgIpc) is 2.58. The summed E-state index contributed by atoms with van der Waals surface area (Å²) in [5, 5.41) is 10.5. The number of hydrogen-bond acceptors (Lipinski definition) is 3. The van der Waals surface area contributed by atoms with Gasteiger partial charge in [-0.2, -0.15) is 0 Å². The highest BCUT2D eigenvalue weighted by Crippen LogP contribution is 2.10. The lowest BCUT2D eigenvalue weighted by atomic mass is 10.4. The number of amides is 1. The number of carboxylic acids is 1. The highest BCUT2D eigenvalue weighted by atomic mass is 127. The van der Waals surface area contributed by atoms with Gasteiger partial charge in [0, 0.05) is 6.08 Å². The number of rotatable bonds is 4. The lowest BCUT2D eigenvalue weighted by molar-refractivity contribution is -0.137. The molecule has 0 saturated carbocycles. The molecule has 0 fully saturated rings. The van der Waals surface area contributed by atoms with Crippen LogP contribution >= 0.6 is 22.6 Å². The van der Waals surface area contributed by atoms with E-state index >= 15 is 0 Å². The summed E-state index contributed by atoms with van der Waals surface area (Å²) < 4.78 is 5.88. The van der Waals surface area contributed by atoms with E-state index in [1.54, 1.807) is 12.1 Å². The van der Waals surface area contributed by atoms with Crippen LogP contribution in [0.2, 0.25) is 0 Å². The SMILES string of the molecule is O=C(O)CNC(=O)C=Cc1ccc(I)o1. The van der Waals surface area contributed by atoms with E-state index in [9.17, 15) is 9.59 Å². The van der Waals surface area contributed by atoms with Gasteiger partial charge < -0.3 is 14.8 Å². The molecule has 1 rings (SSSR count). The van der Waals surface area contributed by atoms with Crippen molar-refractivity contribution in [1.82, 2.24) is 5.32 Å². The molecule has 0 bridgehead atoms. The molecule has 0 saturated heterocycles. The second-order valence-corrected chi connectivity index (χ2v) is 3.65. The molecule has 0 aromatic carbocycles. The van der Waals surface area contributed by atoms with E-state index in [0.29, 0.717) is 5.76 Å². The maximum atomic E-state index is 11.0. The smallest absolute Gasteiger partial charge is 0.322 e. The fraction of sp³-hybridized carbons (Fsp3) is 0.111. The number of halogens is 1. The Morgan fingerprint density at radius 1 is 1.53 bits per heavy atom. The summed E-state index contributed by atoms with van der Waals surface area (Å²) in [6, 6.07) is 3.47. The van der Waals surface area contributed by atoms with Crippen LogP contribution in [0.25, 0.3) is 6.08 Å². The van der Waals surface area contributed by atoms with Crippen molar-refractivity contribution in [2.45, 2.75) is 0 Å². The number of furan rings is 1. The molecule has 0 aliphatic carbocycles. The van der Waals surface area contributed by atoms with Crippen LogP contribution in [-0.2, 0) is 9.59 Å². The van der Waals surface area contributed by atoms with E-state index in [4.69, 9.17) is 9.52 Å². The van der Waals surface area contributed by atoms with E-state index < -0.39 is 18.4 Å². The van der Waals surface area contributed by atoms with Gasteiger partial charge in [-0.25, -0.2) is 0 Å². The van der Waals surface area contributed by atoms with Crippen molar-refractivity contribution >= 4 is 40.5 Å². The number of hydrogen-bond donors (Lipinski definition) is 2. The normalized spacial score (nSPS) is 10.5. The first-order chi connectivity index (χ1) is 7.08. The number of carbonyl (C=O) groups excluding carboxylic acids is 1. The molecule has 5 nitrogen and oxygen atoms in total. The first-order valence-electron chi connectivity index (χ1n) is 4.01. The van der Waals surface area contributed by atoms with Gasteiger partial charge in [0.2, 0.25) is 5.91 Å². The molecule has 15 heavy (non-hydrogen) atoms. The fourth-order valence-electron chi connectivity index (χ4n) is 0.797. The minimum absolute atomic E-state index is 0.390. The summed E-state index contributed by atoms with van der Waals surface area (Å²) in [6.07, 6.45) is 2.69. The summed E-state index contributed by atoms with van der Waals surface area (Å²) in [5.74, 6) is -1.00. The van der Waals surface area contributed by atoms with Gasteiger partial charge in [0.15, 0.2) is 3.77 Å². The van der Waals surface area contributed by atoms with Crippen molar-refractivity contribution in [3.05, 3.63) is 27.7 Å². The van der Waals surface area contributed by atoms with Crippen molar-refractivity contribution < 1.29 is 19.1 Å². The topological polar surface area (TPSA) is 79.5 Å². The monoisotopic (exact) mass is 321 g/mol. The highest BCUT2D eigenvalue weighted by molar-refractivity contribution is 14.1. The molecule has 80 valence electrons. The Balaban J connectivity index is 2.44. The molecule has 0 unspecified atom stereocenters. The first-order valence-corrected chi connectivity index (χ1v) is 5.09. The average molecular weight is 321 g/mol. The minimum atomic E-state index is -1.08. The molecular weight excluding hydrogens is 313 g/mol. The van der Waals surface area contributed by atoms with E-state index in [1.807, 2.05) is 22.6 Å². The molecule has 0 aliphatic rings. The van der Waals surface area contributed by atoms with Crippen molar-refractivity contribution in [1.29, 1.82) is 0 Å². The first kappa shape index (κ1) is 11.8. The van der Waals surface area contributed by atoms with E-state index in [1.165, 1.54) is 12.2 Å². The highest BCUT2D eigenvalue weighted by Gasteiger charge is 2.00. The summed E-state index contributed by atoms with van der Waals surface area (Å²) in [6.45, 7) is -0.390. The maximum absolute atomic E-state index is 11.0. The fourth-order valence-corrected chi connectivity index (χ4v) is 1.23. The summed E-state index contributed by atoms with van der Waals surface area (Å²) in [7, 11) is 0. The van der Waals surface area contributed by atoms with Crippen LogP contribution in [-0.4, -0.2) is 23.5 Å². The number of carboxylic acid groups (broad SMARTS) is 1. The molecular formula is C9H8INO4. The van der Waals surface area contributed by atoms with Crippen LogP contribution in [0.4, 0.5) is 0 Å². The third kappa shape index (κ3) is 4.63. The van der Waals surface area contributed by atoms with Gasteiger partial charge in [-0.1, -0.05) is 0 Å². The molecule has 2 N–H and O–H groups in total. The molecule has 1 aromatic rings. The second-order valence-electron chi connectivity index (χ2n) is 2.59. The molecule has 0 radical (unpaired) electrons. The Morgan fingerprint density at radius 3 is 2.80 bits per heavy atom. The molecule has 0 aliphatic heterocycles. The molecule has 0 spiro atoms. The zero-order chi connectivity index (χ0) is 11.3. The molecule has 0 atom stereocenters. The Morgan fingerprint density at radius 2 is 2.27 bits per heavy atom. The Bertz CT molecular complexity index is 397. The van der Waals surface area contributed by atoms with Crippen LogP contribution in [0.5, 0.6) is 0 Å². The van der Waals surface area contributed by atoms with Crippen molar-refractivity contribution in [2.75, 3.05) is 6.54 Å². The molecule has 6 heteroatoms. The van der Waals surface area contributed by atoms with Crippen LogP contribution in [0.15, 0.2) is 22.6 Å². The number of nitrogens with one attached hydrogen (secondary N) is 1. The van der Waals surface area contributed by atoms with Crippen LogP contribution in [0, 0.1) is 3.77 Å². The predicted molar refractivity (Wildman–Crippen MR) is 61.1 cm³/mol. The Kier molecular flexibility index (Phi) is 4.35. The van der Waals surface area contributed by atoms with Crippen molar-refractivity contribution in [3.8, 4) is 0 Å². The third-order valence-corrected chi connectivity index (χ3v) is 1.99. The van der Waals surface area contributed by atoms with Gasteiger partial charge in [0.25, 0.3) is 0 Å². The Labute approximate surface area is 99.3 Å². The van der Waals surface area contributed by atoms with Crippen LogP contribution in [0.1, 0.15) is 5.76 Å². The molecule has 1 heterocycles. The summed E-state index contributed by atoms with van der Waals surface area (Å²) in [4.78, 5) is 21.1. The summed E-state index contributed by atoms with van der Waals surface area (Å²) >= 11 is 2.00. The minimum Gasteiger partial charge on any atom is -0.480 e.